The van der Waals surface area contributed by atoms with Crippen LogP contribution in [0.25, 0.3) is 0 Å². The van der Waals surface area contributed by atoms with Gasteiger partial charge >= 0.3 is 5.97 Å². The summed E-state index contributed by atoms with van der Waals surface area (Å²) in [7, 11) is 0. The van der Waals surface area contributed by atoms with E-state index in [1.165, 1.54) is 11.0 Å². The van der Waals surface area contributed by atoms with E-state index in [4.69, 9.17) is 5.11 Å². The molecule has 0 spiro atoms. The quantitative estimate of drug-likeness (QED) is 0.658. The Morgan fingerprint density at radius 1 is 1.75 bits per heavy atom. The predicted molar refractivity (Wildman–Crippen MR) is 42.6 cm³/mol. The molecule has 1 rings (SSSR count). The molecule has 0 fully saturated rings. The third-order valence-electron chi connectivity index (χ3n) is 1.86. The summed E-state index contributed by atoms with van der Waals surface area (Å²) in [5.41, 5.74) is 0. The Labute approximate surface area is 70.5 Å². The Hall–Kier alpha value is -1.32. The van der Waals surface area contributed by atoms with Crippen LogP contribution in [0.3, 0.4) is 0 Å². The zero-order chi connectivity index (χ0) is 9.14. The van der Waals surface area contributed by atoms with Crippen molar-refractivity contribution in [2.75, 3.05) is 6.54 Å². The van der Waals surface area contributed by atoms with E-state index in [2.05, 4.69) is 0 Å². The molecule has 1 aliphatic rings. The van der Waals surface area contributed by atoms with Crippen LogP contribution in [0.5, 0.6) is 0 Å². The van der Waals surface area contributed by atoms with Crippen LogP contribution < -0.4 is 0 Å². The first-order valence-electron chi connectivity index (χ1n) is 3.82. The van der Waals surface area contributed by atoms with Gasteiger partial charge in [0.05, 0.1) is 6.42 Å². The van der Waals surface area contributed by atoms with Crippen LogP contribution in [0.15, 0.2) is 12.2 Å². The summed E-state index contributed by atoms with van der Waals surface area (Å²) in [5, 5.41) is 8.39. The maximum atomic E-state index is 11.0. The molecular formula is C8H11NO3. The first-order chi connectivity index (χ1) is 5.61. The Morgan fingerprint density at radius 2 is 2.42 bits per heavy atom. The predicted octanol–water partition coefficient (Wildman–Crippen LogP) is 0.248. The molecule has 0 radical (unpaired) electrons. The highest BCUT2D eigenvalue weighted by Gasteiger charge is 2.21. The van der Waals surface area contributed by atoms with Crippen molar-refractivity contribution in [2.45, 2.75) is 19.4 Å². The van der Waals surface area contributed by atoms with Crippen molar-refractivity contribution >= 4 is 11.9 Å². The van der Waals surface area contributed by atoms with E-state index in [1.807, 2.05) is 6.92 Å². The second kappa shape index (κ2) is 3.38. The van der Waals surface area contributed by atoms with E-state index in [9.17, 15) is 9.59 Å². The van der Waals surface area contributed by atoms with E-state index >= 15 is 0 Å². The summed E-state index contributed by atoms with van der Waals surface area (Å²) >= 11 is 0. The molecule has 4 heteroatoms. The molecule has 1 aliphatic heterocycles. The number of carbonyl (C=O) groups excluding carboxylic acids is 1. The second-order valence-corrected chi connectivity index (χ2v) is 2.78. The van der Waals surface area contributed by atoms with Gasteiger partial charge in [0.15, 0.2) is 0 Å². The van der Waals surface area contributed by atoms with Crippen molar-refractivity contribution in [2.24, 2.45) is 0 Å². The molecule has 12 heavy (non-hydrogen) atoms. The number of amides is 1. The fraction of sp³-hybridized carbons (Fsp3) is 0.500. The SMILES string of the molecule is CC1C=CC(=O)N1CCC(=O)O. The average molecular weight is 169 g/mol. The lowest BCUT2D eigenvalue weighted by atomic mass is 10.3. The second-order valence-electron chi connectivity index (χ2n) is 2.78. The number of hydrogen-bond donors (Lipinski definition) is 1. The first-order valence-corrected chi connectivity index (χ1v) is 3.82. The van der Waals surface area contributed by atoms with Gasteiger partial charge in [0.1, 0.15) is 0 Å². The number of carboxylic acid groups (broad SMARTS) is 1. The van der Waals surface area contributed by atoms with Crippen LogP contribution in [0.4, 0.5) is 0 Å². The topological polar surface area (TPSA) is 57.6 Å². The molecular weight excluding hydrogens is 158 g/mol. The lowest BCUT2D eigenvalue weighted by molar-refractivity contribution is -0.138. The highest BCUT2D eigenvalue weighted by atomic mass is 16.4. The van der Waals surface area contributed by atoms with Gasteiger partial charge in [0.25, 0.3) is 0 Å². The summed E-state index contributed by atoms with van der Waals surface area (Å²) in [5.74, 6) is -0.967. The molecule has 1 unspecified atom stereocenters. The fourth-order valence-electron chi connectivity index (χ4n) is 1.15. The normalized spacial score (nSPS) is 21.9. The Bertz CT molecular complexity index is 234. The number of rotatable bonds is 3. The van der Waals surface area contributed by atoms with E-state index in [0.717, 1.165) is 0 Å². The van der Waals surface area contributed by atoms with E-state index in [1.54, 1.807) is 6.08 Å². The summed E-state index contributed by atoms with van der Waals surface area (Å²) in [6, 6.07) is 0.0387. The van der Waals surface area contributed by atoms with Gasteiger partial charge in [-0.05, 0) is 6.92 Å². The number of carboxylic acids is 1. The minimum absolute atomic E-state index is 0.0117. The van der Waals surface area contributed by atoms with E-state index < -0.39 is 5.97 Å². The summed E-state index contributed by atoms with van der Waals surface area (Å²) in [6.45, 7) is 2.16. The van der Waals surface area contributed by atoms with Crippen molar-refractivity contribution in [3.05, 3.63) is 12.2 Å². The Morgan fingerprint density at radius 3 is 2.83 bits per heavy atom. The van der Waals surface area contributed by atoms with Crippen molar-refractivity contribution in [1.29, 1.82) is 0 Å². The van der Waals surface area contributed by atoms with Crippen molar-refractivity contribution in [1.82, 2.24) is 4.90 Å². The van der Waals surface area contributed by atoms with Crippen molar-refractivity contribution < 1.29 is 14.7 Å². The molecule has 0 aromatic carbocycles. The van der Waals surface area contributed by atoms with Gasteiger partial charge < -0.3 is 10.0 Å². The summed E-state index contributed by atoms with van der Waals surface area (Å²) in [6.07, 6.45) is 3.26. The van der Waals surface area contributed by atoms with Crippen LogP contribution in [-0.2, 0) is 9.59 Å². The third kappa shape index (κ3) is 1.84. The third-order valence-corrected chi connectivity index (χ3v) is 1.86. The molecule has 0 aliphatic carbocycles. The van der Waals surface area contributed by atoms with Crippen molar-refractivity contribution in [3.8, 4) is 0 Å². The number of hydrogen-bond acceptors (Lipinski definition) is 2. The molecule has 0 aromatic heterocycles. The maximum absolute atomic E-state index is 11.0. The number of nitrogens with zero attached hydrogens (tertiary/aromatic N) is 1. The molecule has 4 nitrogen and oxygen atoms in total. The molecule has 1 atom stereocenters. The van der Waals surface area contributed by atoms with Crippen LogP contribution in [-0.4, -0.2) is 34.5 Å². The van der Waals surface area contributed by atoms with E-state index in [-0.39, 0.29) is 18.4 Å². The molecule has 0 saturated carbocycles. The minimum atomic E-state index is -0.873. The lowest BCUT2D eigenvalue weighted by Gasteiger charge is -2.20. The Balaban J connectivity index is 2.42. The molecule has 0 bridgehead atoms. The van der Waals surface area contributed by atoms with Gasteiger partial charge in [-0.15, -0.1) is 0 Å². The number of carbonyl (C=O) groups is 2. The van der Waals surface area contributed by atoms with Gasteiger partial charge in [-0.3, -0.25) is 9.59 Å². The average Bonchev–Trinajstić information content (AvgIpc) is 2.28. The van der Waals surface area contributed by atoms with Gasteiger partial charge in [-0.25, -0.2) is 0 Å². The van der Waals surface area contributed by atoms with Crippen LogP contribution in [0.2, 0.25) is 0 Å². The molecule has 1 amide bonds. The van der Waals surface area contributed by atoms with Crippen LogP contribution in [0, 0.1) is 0 Å². The minimum Gasteiger partial charge on any atom is -0.481 e. The van der Waals surface area contributed by atoms with Gasteiger partial charge in [-0.2, -0.15) is 0 Å². The molecule has 1 N–H and O–H groups in total. The lowest BCUT2D eigenvalue weighted by Crippen LogP contribution is -2.33. The highest BCUT2D eigenvalue weighted by Crippen LogP contribution is 2.10. The van der Waals surface area contributed by atoms with Gasteiger partial charge in [0.2, 0.25) is 5.91 Å². The van der Waals surface area contributed by atoms with E-state index in [0.29, 0.717) is 6.54 Å². The zero-order valence-electron chi connectivity index (χ0n) is 6.86. The molecule has 66 valence electrons. The van der Waals surface area contributed by atoms with Gasteiger partial charge in [0, 0.05) is 18.7 Å². The maximum Gasteiger partial charge on any atom is 0.305 e. The number of aliphatic carboxylic acids is 1. The summed E-state index contributed by atoms with van der Waals surface area (Å²) < 4.78 is 0. The smallest absolute Gasteiger partial charge is 0.305 e. The highest BCUT2D eigenvalue weighted by molar-refractivity contribution is 5.90. The Kier molecular flexibility index (Phi) is 2.47. The first kappa shape index (κ1) is 8.77. The zero-order valence-corrected chi connectivity index (χ0v) is 6.86. The standard InChI is InChI=1S/C8H11NO3/c1-6-2-3-7(10)9(6)5-4-8(11)12/h2-3,6H,4-5H2,1H3,(H,11,12). The van der Waals surface area contributed by atoms with Gasteiger partial charge in [-0.1, -0.05) is 6.08 Å². The van der Waals surface area contributed by atoms with Crippen molar-refractivity contribution in [3.63, 3.8) is 0 Å². The fourth-order valence-corrected chi connectivity index (χ4v) is 1.15. The molecule has 0 saturated heterocycles. The molecule has 0 aromatic rings. The van der Waals surface area contributed by atoms with Crippen LogP contribution >= 0.6 is 0 Å². The summed E-state index contributed by atoms with van der Waals surface area (Å²) in [4.78, 5) is 22.8. The monoisotopic (exact) mass is 169 g/mol. The largest absolute Gasteiger partial charge is 0.481 e. The molecule has 1 heterocycles. The van der Waals surface area contributed by atoms with Crippen LogP contribution in [0.1, 0.15) is 13.3 Å².